The zero-order chi connectivity index (χ0) is 20.5. The molecule has 1 aliphatic rings. The predicted octanol–water partition coefficient (Wildman–Crippen LogP) is 3.61. The highest BCUT2D eigenvalue weighted by Crippen LogP contribution is 2.35. The number of aliphatic hydroxyl groups excluding tert-OH is 1. The predicted molar refractivity (Wildman–Crippen MR) is 103 cm³/mol. The van der Waals surface area contributed by atoms with Crippen molar-refractivity contribution in [1.82, 2.24) is 4.98 Å². The first kappa shape index (κ1) is 20.1. The van der Waals surface area contributed by atoms with E-state index >= 15 is 0 Å². The molecule has 150 valence electrons. The third-order valence-electron chi connectivity index (χ3n) is 4.41. The van der Waals surface area contributed by atoms with E-state index in [1.54, 1.807) is 32.9 Å². The number of carbonyl (C=O) groups excluding carboxylic acids is 1. The smallest absolute Gasteiger partial charge is 0.415 e. The van der Waals surface area contributed by atoms with Crippen LogP contribution in [0.25, 0.3) is 0 Å². The molecule has 0 saturated heterocycles. The van der Waals surface area contributed by atoms with Gasteiger partial charge in [0.2, 0.25) is 5.88 Å². The first-order valence-electron chi connectivity index (χ1n) is 9.19. The summed E-state index contributed by atoms with van der Waals surface area (Å²) in [7, 11) is 0. The topological polar surface area (TPSA) is 71.9 Å². The number of ether oxygens (including phenoxy) is 2. The van der Waals surface area contributed by atoms with Gasteiger partial charge in [-0.05, 0) is 63.4 Å². The molecule has 1 aliphatic heterocycles. The summed E-state index contributed by atoms with van der Waals surface area (Å²) in [4.78, 5) is 18.7. The highest BCUT2D eigenvalue weighted by molar-refractivity contribution is 5.91. The first-order chi connectivity index (χ1) is 13.2. The number of nitrogens with zero attached hydrogens (tertiary/aromatic N) is 2. The number of aliphatic hydroxyl groups is 1. The van der Waals surface area contributed by atoms with Crippen LogP contribution in [0.2, 0.25) is 0 Å². The summed E-state index contributed by atoms with van der Waals surface area (Å²) < 4.78 is 24.4. The van der Waals surface area contributed by atoms with Gasteiger partial charge in [-0.15, -0.1) is 0 Å². The lowest BCUT2D eigenvalue weighted by Gasteiger charge is -2.36. The van der Waals surface area contributed by atoms with Crippen LogP contribution in [0.15, 0.2) is 30.3 Å². The fourth-order valence-corrected chi connectivity index (χ4v) is 3.03. The standard InChI is InChI=1S/C21H25FN2O4/c1-13-15(9-14-5-7-16(22)8-6-14)10-18-19(23-13)27-12-17(11-25)24(18)20(26)28-21(2,3)4/h5-8,10,17,25H,9,11-12H2,1-4H3/t17-/m0/s1. The van der Waals surface area contributed by atoms with Crippen LogP contribution in [0.3, 0.4) is 0 Å². The van der Waals surface area contributed by atoms with Crippen molar-refractivity contribution >= 4 is 11.8 Å². The molecule has 7 heteroatoms. The van der Waals surface area contributed by atoms with Crippen molar-refractivity contribution in [3.8, 4) is 5.88 Å². The first-order valence-corrected chi connectivity index (χ1v) is 9.19. The number of rotatable bonds is 3. The van der Waals surface area contributed by atoms with E-state index in [-0.39, 0.29) is 19.0 Å². The highest BCUT2D eigenvalue weighted by atomic mass is 19.1. The van der Waals surface area contributed by atoms with Gasteiger partial charge in [0.1, 0.15) is 23.7 Å². The van der Waals surface area contributed by atoms with Crippen LogP contribution in [-0.4, -0.2) is 41.0 Å². The van der Waals surface area contributed by atoms with E-state index < -0.39 is 17.7 Å². The van der Waals surface area contributed by atoms with Gasteiger partial charge in [-0.3, -0.25) is 4.90 Å². The summed E-state index contributed by atoms with van der Waals surface area (Å²) in [6.07, 6.45) is -0.0345. The number of aromatic nitrogens is 1. The minimum Gasteiger partial charge on any atom is -0.474 e. The maximum absolute atomic E-state index is 13.2. The number of aryl methyl sites for hydroxylation is 1. The molecule has 0 aliphatic carbocycles. The van der Waals surface area contributed by atoms with Crippen molar-refractivity contribution in [2.45, 2.75) is 45.8 Å². The molecule has 0 radical (unpaired) electrons. The largest absolute Gasteiger partial charge is 0.474 e. The van der Waals surface area contributed by atoms with Crippen LogP contribution in [0.5, 0.6) is 5.88 Å². The van der Waals surface area contributed by atoms with Crippen LogP contribution in [0, 0.1) is 12.7 Å². The van der Waals surface area contributed by atoms with Gasteiger partial charge in [0.15, 0.2) is 0 Å². The van der Waals surface area contributed by atoms with Gasteiger partial charge in [0.25, 0.3) is 0 Å². The summed E-state index contributed by atoms with van der Waals surface area (Å²) in [6, 6.07) is 7.51. The molecule has 0 bridgehead atoms. The van der Waals surface area contributed by atoms with Gasteiger partial charge in [0.05, 0.1) is 12.6 Å². The summed E-state index contributed by atoms with van der Waals surface area (Å²) in [5.41, 5.74) is 2.34. The Morgan fingerprint density at radius 3 is 2.64 bits per heavy atom. The molecule has 2 aromatic rings. The van der Waals surface area contributed by atoms with Gasteiger partial charge in [-0.25, -0.2) is 14.2 Å². The minimum absolute atomic E-state index is 0.131. The lowest BCUT2D eigenvalue weighted by Crippen LogP contribution is -2.50. The molecular weight excluding hydrogens is 363 g/mol. The fourth-order valence-electron chi connectivity index (χ4n) is 3.03. The summed E-state index contributed by atoms with van der Waals surface area (Å²) >= 11 is 0. The maximum atomic E-state index is 13.2. The number of halogens is 1. The molecule has 2 heterocycles. The molecule has 3 rings (SSSR count). The molecule has 0 fully saturated rings. The Hall–Kier alpha value is -2.67. The number of hydrogen-bond acceptors (Lipinski definition) is 5. The number of anilines is 1. The molecule has 1 amide bonds. The SMILES string of the molecule is Cc1nc2c(cc1Cc1ccc(F)cc1)N(C(=O)OC(C)(C)C)[C@@H](CO)CO2. The van der Waals surface area contributed by atoms with Crippen LogP contribution in [-0.2, 0) is 11.2 Å². The second-order valence-electron chi connectivity index (χ2n) is 7.86. The van der Waals surface area contributed by atoms with Crippen molar-refractivity contribution in [3.63, 3.8) is 0 Å². The van der Waals surface area contributed by atoms with E-state index in [0.717, 1.165) is 16.8 Å². The Labute approximate surface area is 163 Å². The Morgan fingerprint density at radius 1 is 1.36 bits per heavy atom. The van der Waals surface area contributed by atoms with Crippen molar-refractivity contribution in [2.75, 3.05) is 18.1 Å². The lowest BCUT2D eigenvalue weighted by molar-refractivity contribution is 0.0517. The zero-order valence-corrected chi connectivity index (χ0v) is 16.5. The second-order valence-corrected chi connectivity index (χ2v) is 7.86. The van der Waals surface area contributed by atoms with Crippen LogP contribution in [0.1, 0.15) is 37.6 Å². The van der Waals surface area contributed by atoms with Gasteiger partial charge in [0, 0.05) is 5.69 Å². The van der Waals surface area contributed by atoms with Crippen LogP contribution < -0.4 is 9.64 Å². The Bertz CT molecular complexity index is 862. The molecule has 0 unspecified atom stereocenters. The fraction of sp³-hybridized carbons (Fsp3) is 0.429. The number of hydrogen-bond donors (Lipinski definition) is 1. The van der Waals surface area contributed by atoms with Crippen molar-refractivity contribution in [2.24, 2.45) is 0 Å². The maximum Gasteiger partial charge on any atom is 0.415 e. The monoisotopic (exact) mass is 388 g/mol. The van der Waals surface area contributed by atoms with E-state index in [2.05, 4.69) is 4.98 Å². The average molecular weight is 388 g/mol. The van der Waals surface area contributed by atoms with E-state index in [1.807, 2.05) is 13.0 Å². The highest BCUT2D eigenvalue weighted by Gasteiger charge is 2.36. The quantitative estimate of drug-likeness (QED) is 0.870. The van der Waals surface area contributed by atoms with Crippen molar-refractivity contribution < 1.29 is 23.8 Å². The average Bonchev–Trinajstić information content (AvgIpc) is 2.61. The van der Waals surface area contributed by atoms with Crippen LogP contribution >= 0.6 is 0 Å². The summed E-state index contributed by atoms with van der Waals surface area (Å²) in [5, 5.41) is 9.73. The van der Waals surface area contributed by atoms with Gasteiger partial charge >= 0.3 is 6.09 Å². The molecule has 0 saturated carbocycles. The van der Waals surface area contributed by atoms with Gasteiger partial charge < -0.3 is 14.6 Å². The second kappa shape index (κ2) is 7.75. The van der Waals surface area contributed by atoms with E-state index in [4.69, 9.17) is 9.47 Å². The molecule has 1 aromatic carbocycles. The Balaban J connectivity index is 1.98. The van der Waals surface area contributed by atoms with Crippen LogP contribution in [0.4, 0.5) is 14.9 Å². The number of carbonyl (C=O) groups is 1. The minimum atomic E-state index is -0.676. The molecule has 1 aromatic heterocycles. The van der Waals surface area contributed by atoms with E-state index in [0.29, 0.717) is 18.0 Å². The van der Waals surface area contributed by atoms with Gasteiger partial charge in [-0.2, -0.15) is 0 Å². The third-order valence-corrected chi connectivity index (χ3v) is 4.41. The molecule has 1 N–H and O–H groups in total. The molecule has 6 nitrogen and oxygen atoms in total. The normalized spacial score (nSPS) is 16.4. The molecule has 1 atom stereocenters. The van der Waals surface area contributed by atoms with Crippen molar-refractivity contribution in [3.05, 3.63) is 53.0 Å². The number of amides is 1. The molecule has 0 spiro atoms. The molecule has 28 heavy (non-hydrogen) atoms. The lowest BCUT2D eigenvalue weighted by atomic mass is 10.0. The zero-order valence-electron chi connectivity index (χ0n) is 16.5. The number of benzene rings is 1. The third kappa shape index (κ3) is 4.42. The Kier molecular flexibility index (Phi) is 5.56. The van der Waals surface area contributed by atoms with E-state index in [1.165, 1.54) is 17.0 Å². The summed E-state index contributed by atoms with van der Waals surface area (Å²) in [5.74, 6) is 0.0373. The van der Waals surface area contributed by atoms with Gasteiger partial charge in [-0.1, -0.05) is 12.1 Å². The van der Waals surface area contributed by atoms with E-state index in [9.17, 15) is 14.3 Å². The number of fused-ring (bicyclic) bond motifs is 1. The summed E-state index contributed by atoms with van der Waals surface area (Å²) in [6.45, 7) is 7.08. The van der Waals surface area contributed by atoms with Crippen molar-refractivity contribution in [1.29, 1.82) is 0 Å². The number of pyridine rings is 1. The molecular formula is C21H25FN2O4. The Morgan fingerprint density at radius 2 is 2.04 bits per heavy atom.